The van der Waals surface area contributed by atoms with Gasteiger partial charge >= 0.3 is 17.1 Å². The maximum atomic E-state index is 12.8. The fourth-order valence-electron chi connectivity index (χ4n) is 3.20. The second-order valence-electron chi connectivity index (χ2n) is 7.29. The van der Waals surface area contributed by atoms with Crippen molar-refractivity contribution in [1.29, 1.82) is 0 Å². The number of carbonyl (C=O) groups is 1. The number of carbonyl (C=O) groups excluding carboxylic acids is 1. The van der Waals surface area contributed by atoms with Crippen molar-refractivity contribution in [2.45, 2.75) is 39.5 Å². The standard InChI is InChI=1S/C22H28N4O5/c1-6-12-24-20(28)25(13-7-2)22(30)26(21(24)29)14-18(27)23-19(15(3)4)16-8-10-17(31-5)11-9-16/h6-11,15,19H,1-2,12-14H2,3-5H3,(H,23,27). The fraction of sp³-hybridized carbons (Fsp3) is 0.364. The maximum Gasteiger partial charge on any atom is 0.337 e. The van der Waals surface area contributed by atoms with E-state index in [0.29, 0.717) is 5.75 Å². The average Bonchev–Trinajstić information content (AvgIpc) is 2.75. The molecule has 9 nitrogen and oxygen atoms in total. The van der Waals surface area contributed by atoms with Crippen molar-refractivity contribution in [3.05, 3.63) is 86.6 Å². The molecule has 1 aromatic heterocycles. The lowest BCUT2D eigenvalue weighted by molar-refractivity contribution is -0.122. The molecule has 1 heterocycles. The first kappa shape index (κ1) is 23.7. The number of rotatable bonds is 10. The van der Waals surface area contributed by atoms with Crippen LogP contribution in [0.25, 0.3) is 0 Å². The quantitative estimate of drug-likeness (QED) is 0.570. The first-order chi connectivity index (χ1) is 14.7. The summed E-state index contributed by atoms with van der Waals surface area (Å²) in [4.78, 5) is 50.6. The smallest absolute Gasteiger partial charge is 0.337 e. The lowest BCUT2D eigenvalue weighted by atomic mass is 9.96. The number of aromatic nitrogens is 3. The highest BCUT2D eigenvalue weighted by Crippen LogP contribution is 2.23. The van der Waals surface area contributed by atoms with Crippen molar-refractivity contribution >= 4 is 5.91 Å². The highest BCUT2D eigenvalue weighted by atomic mass is 16.5. The summed E-state index contributed by atoms with van der Waals surface area (Å²) < 4.78 is 7.62. The molecular formula is C22H28N4O5. The van der Waals surface area contributed by atoms with E-state index in [-0.39, 0.29) is 25.0 Å². The minimum Gasteiger partial charge on any atom is -0.497 e. The van der Waals surface area contributed by atoms with E-state index in [9.17, 15) is 19.2 Å². The molecule has 1 aromatic carbocycles. The summed E-state index contributed by atoms with van der Waals surface area (Å²) in [6.45, 7) is 10.3. The Labute approximate surface area is 179 Å². The van der Waals surface area contributed by atoms with Crippen LogP contribution in [0.15, 0.2) is 64.0 Å². The van der Waals surface area contributed by atoms with Gasteiger partial charge in [0, 0.05) is 0 Å². The molecule has 1 atom stereocenters. The Morgan fingerprint density at radius 3 is 1.87 bits per heavy atom. The van der Waals surface area contributed by atoms with Gasteiger partial charge in [-0.25, -0.2) is 28.1 Å². The van der Waals surface area contributed by atoms with E-state index in [1.165, 1.54) is 12.2 Å². The Bertz CT molecular complexity index is 1070. The van der Waals surface area contributed by atoms with E-state index in [0.717, 1.165) is 19.3 Å². The number of hydrogen-bond acceptors (Lipinski definition) is 5. The van der Waals surface area contributed by atoms with Gasteiger partial charge in [-0.2, -0.15) is 0 Å². The van der Waals surface area contributed by atoms with E-state index in [1.54, 1.807) is 19.2 Å². The predicted octanol–water partition coefficient (Wildman–Crippen LogP) is 1.07. The summed E-state index contributed by atoms with van der Waals surface area (Å²) in [5.41, 5.74) is -1.64. The Kier molecular flexibility index (Phi) is 7.95. The van der Waals surface area contributed by atoms with Gasteiger partial charge in [-0.05, 0) is 23.6 Å². The normalized spacial score (nSPS) is 11.7. The minimum absolute atomic E-state index is 0.0428. The molecule has 0 radical (unpaired) electrons. The number of hydrogen-bond donors (Lipinski definition) is 1. The lowest BCUT2D eigenvalue weighted by Crippen LogP contribution is -2.55. The number of nitrogens with zero attached hydrogens (tertiary/aromatic N) is 3. The second-order valence-corrected chi connectivity index (χ2v) is 7.29. The van der Waals surface area contributed by atoms with Gasteiger partial charge in [-0.15, -0.1) is 13.2 Å². The van der Waals surface area contributed by atoms with E-state index in [1.807, 2.05) is 26.0 Å². The van der Waals surface area contributed by atoms with Crippen LogP contribution >= 0.6 is 0 Å². The average molecular weight is 428 g/mol. The largest absolute Gasteiger partial charge is 0.497 e. The van der Waals surface area contributed by atoms with E-state index in [4.69, 9.17) is 4.74 Å². The SMILES string of the molecule is C=CCn1c(=O)n(CC=C)c(=O)n(CC(=O)NC(c2ccc(OC)cc2)C(C)C)c1=O. The van der Waals surface area contributed by atoms with E-state index >= 15 is 0 Å². The predicted molar refractivity (Wildman–Crippen MR) is 118 cm³/mol. The van der Waals surface area contributed by atoms with Gasteiger partial charge in [-0.3, -0.25) is 4.79 Å². The summed E-state index contributed by atoms with van der Waals surface area (Å²) in [5.74, 6) is 0.209. The molecule has 0 saturated heterocycles. The maximum absolute atomic E-state index is 12.8. The van der Waals surface area contributed by atoms with Crippen LogP contribution in [0.3, 0.4) is 0 Å². The third-order valence-corrected chi connectivity index (χ3v) is 4.77. The van der Waals surface area contributed by atoms with Gasteiger partial charge in [-0.1, -0.05) is 38.1 Å². The van der Waals surface area contributed by atoms with Crippen molar-refractivity contribution in [3.8, 4) is 5.75 Å². The van der Waals surface area contributed by atoms with Crippen LogP contribution in [0.1, 0.15) is 25.5 Å². The molecule has 2 aromatic rings. The number of allylic oxidation sites excluding steroid dienone is 2. The Hall–Kier alpha value is -3.62. The third-order valence-electron chi connectivity index (χ3n) is 4.77. The Balaban J connectivity index is 2.39. The van der Waals surface area contributed by atoms with Crippen LogP contribution in [-0.4, -0.2) is 26.7 Å². The van der Waals surface area contributed by atoms with Gasteiger partial charge in [0.1, 0.15) is 12.3 Å². The number of benzene rings is 1. The summed E-state index contributed by atoms with van der Waals surface area (Å²) in [7, 11) is 1.57. The summed E-state index contributed by atoms with van der Waals surface area (Å²) >= 11 is 0. The zero-order valence-corrected chi connectivity index (χ0v) is 18.0. The molecule has 0 bridgehead atoms. The van der Waals surface area contributed by atoms with Crippen LogP contribution < -0.4 is 27.1 Å². The molecule has 1 amide bonds. The summed E-state index contributed by atoms with van der Waals surface area (Å²) in [6.07, 6.45) is 2.74. The monoisotopic (exact) mass is 428 g/mol. The number of amides is 1. The molecule has 31 heavy (non-hydrogen) atoms. The Morgan fingerprint density at radius 1 is 0.968 bits per heavy atom. The van der Waals surface area contributed by atoms with Gasteiger partial charge in [0.15, 0.2) is 0 Å². The van der Waals surface area contributed by atoms with Crippen LogP contribution in [0.5, 0.6) is 5.75 Å². The molecule has 0 aliphatic carbocycles. The zero-order valence-electron chi connectivity index (χ0n) is 18.0. The van der Waals surface area contributed by atoms with Gasteiger partial charge in [0.05, 0.1) is 26.2 Å². The van der Waals surface area contributed by atoms with Crippen molar-refractivity contribution in [2.75, 3.05) is 7.11 Å². The van der Waals surface area contributed by atoms with Crippen LogP contribution in [0.4, 0.5) is 0 Å². The van der Waals surface area contributed by atoms with Crippen LogP contribution in [-0.2, 0) is 24.4 Å². The lowest BCUT2D eigenvalue weighted by Gasteiger charge is -2.23. The topological polar surface area (TPSA) is 104 Å². The zero-order chi connectivity index (χ0) is 23.1. The fourth-order valence-corrected chi connectivity index (χ4v) is 3.20. The molecule has 0 saturated carbocycles. The van der Waals surface area contributed by atoms with E-state index in [2.05, 4.69) is 18.5 Å². The van der Waals surface area contributed by atoms with Crippen molar-refractivity contribution in [3.63, 3.8) is 0 Å². The number of methoxy groups -OCH3 is 1. The minimum atomic E-state index is -0.865. The molecule has 1 unspecified atom stereocenters. The van der Waals surface area contributed by atoms with Gasteiger partial charge < -0.3 is 10.1 Å². The summed E-state index contributed by atoms with van der Waals surface area (Å²) in [5, 5.41) is 2.88. The van der Waals surface area contributed by atoms with Gasteiger partial charge in [0.2, 0.25) is 5.91 Å². The van der Waals surface area contributed by atoms with Gasteiger partial charge in [0.25, 0.3) is 0 Å². The Morgan fingerprint density at radius 2 is 1.45 bits per heavy atom. The summed E-state index contributed by atoms with van der Waals surface area (Å²) in [6, 6.07) is 6.93. The molecule has 0 fully saturated rings. The molecule has 166 valence electrons. The highest BCUT2D eigenvalue weighted by molar-refractivity contribution is 5.76. The molecule has 0 spiro atoms. The number of nitrogens with one attached hydrogen (secondary N) is 1. The first-order valence-electron chi connectivity index (χ1n) is 9.84. The number of ether oxygens (including phenoxy) is 1. The van der Waals surface area contributed by atoms with E-state index < -0.39 is 29.5 Å². The van der Waals surface area contributed by atoms with Crippen molar-refractivity contribution < 1.29 is 9.53 Å². The molecule has 9 heteroatoms. The molecule has 0 aliphatic rings. The first-order valence-corrected chi connectivity index (χ1v) is 9.84. The third kappa shape index (κ3) is 5.30. The second kappa shape index (κ2) is 10.4. The van der Waals surface area contributed by atoms with Crippen LogP contribution in [0.2, 0.25) is 0 Å². The molecular weight excluding hydrogens is 400 g/mol. The highest BCUT2D eigenvalue weighted by Gasteiger charge is 2.21. The molecule has 2 rings (SSSR count). The molecule has 0 aliphatic heterocycles. The van der Waals surface area contributed by atoms with Crippen LogP contribution in [0, 0.1) is 5.92 Å². The molecule has 1 N–H and O–H groups in total. The van der Waals surface area contributed by atoms with Crippen molar-refractivity contribution in [2.24, 2.45) is 5.92 Å². The van der Waals surface area contributed by atoms with Crippen molar-refractivity contribution in [1.82, 2.24) is 19.0 Å².